The van der Waals surface area contributed by atoms with Crippen LogP contribution in [0.5, 0.6) is 5.75 Å². The van der Waals surface area contributed by atoms with E-state index in [1.807, 2.05) is 24.4 Å². The van der Waals surface area contributed by atoms with Gasteiger partial charge in [-0.05, 0) is 42.7 Å². The number of halogens is 1. The highest BCUT2D eigenvalue weighted by Crippen LogP contribution is 2.50. The minimum absolute atomic E-state index is 0.557. The van der Waals surface area contributed by atoms with Crippen LogP contribution in [0.15, 0.2) is 24.4 Å². The Morgan fingerprint density at radius 1 is 1.24 bits per heavy atom. The number of nitrogens with one attached hydrogen (secondary N) is 1. The second kappa shape index (κ2) is 7.17. The summed E-state index contributed by atoms with van der Waals surface area (Å²) in [5.74, 6) is 2.40. The fourth-order valence-electron chi connectivity index (χ4n) is 5.19. The van der Waals surface area contributed by atoms with Crippen LogP contribution >= 0.6 is 11.6 Å². The monoisotopic (exact) mass is 411 g/mol. The Kier molecular flexibility index (Phi) is 4.62. The molecule has 6 nitrogen and oxygen atoms in total. The third-order valence-corrected chi connectivity index (χ3v) is 7.44. The van der Waals surface area contributed by atoms with E-state index in [0.717, 1.165) is 41.6 Å². The Balaban J connectivity index is 1.40. The number of methoxy groups -OCH3 is 1. The molecular formula is C22H26ClN5O. The second-order valence-corrected chi connectivity index (χ2v) is 8.90. The van der Waals surface area contributed by atoms with Crippen LogP contribution in [0, 0.1) is 11.3 Å². The van der Waals surface area contributed by atoms with E-state index >= 15 is 0 Å². The van der Waals surface area contributed by atoms with Gasteiger partial charge in [0.05, 0.1) is 24.0 Å². The van der Waals surface area contributed by atoms with E-state index in [2.05, 4.69) is 22.0 Å². The molecule has 1 aliphatic carbocycles. The zero-order chi connectivity index (χ0) is 20.0. The summed E-state index contributed by atoms with van der Waals surface area (Å²) in [7, 11) is 1.61. The van der Waals surface area contributed by atoms with Gasteiger partial charge in [0.25, 0.3) is 0 Å². The van der Waals surface area contributed by atoms with Gasteiger partial charge in [-0.1, -0.05) is 37.4 Å². The summed E-state index contributed by atoms with van der Waals surface area (Å²) in [4.78, 5) is 11.9. The largest absolute Gasteiger partial charge is 0.495 e. The van der Waals surface area contributed by atoms with Gasteiger partial charge >= 0.3 is 0 Å². The molecule has 2 aromatic heterocycles. The summed E-state index contributed by atoms with van der Waals surface area (Å²) in [6.45, 7) is 4.54. The Labute approximate surface area is 175 Å². The van der Waals surface area contributed by atoms with Crippen LogP contribution in [-0.2, 0) is 0 Å². The minimum atomic E-state index is 0.557. The predicted octanol–water partition coefficient (Wildman–Crippen LogP) is 5.09. The van der Waals surface area contributed by atoms with E-state index in [9.17, 15) is 0 Å². The van der Waals surface area contributed by atoms with Gasteiger partial charge in [0.1, 0.15) is 17.1 Å². The lowest BCUT2D eigenvalue weighted by Crippen LogP contribution is -2.41. The van der Waals surface area contributed by atoms with Crippen molar-refractivity contribution in [2.45, 2.75) is 39.0 Å². The van der Waals surface area contributed by atoms with Crippen molar-refractivity contribution in [3.63, 3.8) is 0 Å². The van der Waals surface area contributed by atoms with Crippen LogP contribution in [0.1, 0.15) is 39.0 Å². The molecule has 1 N–H and O–H groups in total. The van der Waals surface area contributed by atoms with Crippen LogP contribution < -0.4 is 9.64 Å². The highest BCUT2D eigenvalue weighted by Gasteiger charge is 2.42. The molecule has 2 fully saturated rings. The first kappa shape index (κ1) is 18.7. The van der Waals surface area contributed by atoms with E-state index in [1.165, 1.54) is 32.1 Å². The maximum absolute atomic E-state index is 6.15. The maximum Gasteiger partial charge on any atom is 0.202 e. The normalized spacial score (nSPS) is 21.2. The third-order valence-electron chi connectivity index (χ3n) is 7.13. The van der Waals surface area contributed by atoms with Crippen molar-refractivity contribution >= 4 is 28.6 Å². The van der Waals surface area contributed by atoms with Crippen LogP contribution in [0.3, 0.4) is 0 Å². The highest BCUT2D eigenvalue weighted by atomic mass is 35.5. The summed E-state index contributed by atoms with van der Waals surface area (Å²) >= 11 is 6.15. The zero-order valence-corrected chi connectivity index (χ0v) is 17.7. The van der Waals surface area contributed by atoms with Crippen LogP contribution in [0.2, 0.25) is 5.02 Å². The van der Waals surface area contributed by atoms with Crippen molar-refractivity contribution in [1.82, 2.24) is 20.2 Å². The van der Waals surface area contributed by atoms with Gasteiger partial charge in [-0.3, -0.25) is 5.10 Å². The van der Waals surface area contributed by atoms with Crippen molar-refractivity contribution in [1.29, 1.82) is 0 Å². The van der Waals surface area contributed by atoms with Gasteiger partial charge in [0.15, 0.2) is 0 Å². The highest BCUT2D eigenvalue weighted by molar-refractivity contribution is 6.32. The molecule has 1 spiro atoms. The molecule has 152 valence electrons. The van der Waals surface area contributed by atoms with Gasteiger partial charge in [0, 0.05) is 18.7 Å². The Morgan fingerprint density at radius 2 is 2.07 bits per heavy atom. The first-order valence-corrected chi connectivity index (χ1v) is 10.8. The topological polar surface area (TPSA) is 66.9 Å². The van der Waals surface area contributed by atoms with Crippen LogP contribution in [-0.4, -0.2) is 40.4 Å². The minimum Gasteiger partial charge on any atom is -0.495 e. The number of aromatic amines is 1. The SMILES string of the molecule is COc1cc(-c2[nH]nc3nc(N4CCC5(CCC[C@H]5C)CC4)cnc23)ccc1Cl. The lowest BCUT2D eigenvalue weighted by Gasteiger charge is -2.42. The fourth-order valence-corrected chi connectivity index (χ4v) is 5.39. The third kappa shape index (κ3) is 3.14. The van der Waals surface area contributed by atoms with E-state index < -0.39 is 0 Å². The summed E-state index contributed by atoms with van der Waals surface area (Å²) < 4.78 is 5.33. The lowest BCUT2D eigenvalue weighted by molar-refractivity contribution is 0.161. The molecular weight excluding hydrogens is 386 g/mol. The van der Waals surface area contributed by atoms with E-state index in [0.29, 0.717) is 21.8 Å². The summed E-state index contributed by atoms with van der Waals surface area (Å²) in [5.41, 5.74) is 3.70. The molecule has 2 aliphatic rings. The number of rotatable bonds is 3. The molecule has 29 heavy (non-hydrogen) atoms. The fraction of sp³-hybridized carbons (Fsp3) is 0.500. The number of hydrogen-bond donors (Lipinski definition) is 1. The molecule has 0 amide bonds. The summed E-state index contributed by atoms with van der Waals surface area (Å²) in [6, 6.07) is 5.63. The number of nitrogens with zero attached hydrogens (tertiary/aromatic N) is 4. The number of ether oxygens (including phenoxy) is 1. The number of anilines is 1. The summed E-state index contributed by atoms with van der Waals surface area (Å²) in [6.07, 6.45) is 8.55. The Morgan fingerprint density at radius 3 is 2.79 bits per heavy atom. The van der Waals surface area contributed by atoms with Gasteiger partial charge in [0.2, 0.25) is 5.65 Å². The molecule has 1 saturated carbocycles. The average Bonchev–Trinajstić information content (AvgIpc) is 3.32. The molecule has 0 unspecified atom stereocenters. The number of aromatic nitrogens is 4. The first-order chi connectivity index (χ1) is 14.1. The smallest absolute Gasteiger partial charge is 0.202 e. The van der Waals surface area contributed by atoms with Gasteiger partial charge in [-0.2, -0.15) is 5.10 Å². The van der Waals surface area contributed by atoms with Crippen molar-refractivity contribution < 1.29 is 4.74 Å². The molecule has 1 atom stereocenters. The predicted molar refractivity (Wildman–Crippen MR) is 116 cm³/mol. The maximum atomic E-state index is 6.15. The number of hydrogen-bond acceptors (Lipinski definition) is 5. The molecule has 0 bridgehead atoms. The molecule has 1 aromatic carbocycles. The van der Waals surface area contributed by atoms with E-state index in [1.54, 1.807) is 7.11 Å². The van der Waals surface area contributed by atoms with Crippen molar-refractivity contribution in [3.8, 4) is 17.0 Å². The first-order valence-electron chi connectivity index (χ1n) is 10.4. The van der Waals surface area contributed by atoms with E-state index in [4.69, 9.17) is 26.3 Å². The second-order valence-electron chi connectivity index (χ2n) is 8.49. The van der Waals surface area contributed by atoms with Crippen LogP contribution in [0.4, 0.5) is 5.82 Å². The average molecular weight is 412 g/mol. The lowest BCUT2D eigenvalue weighted by atomic mass is 9.71. The zero-order valence-electron chi connectivity index (χ0n) is 16.9. The Bertz CT molecular complexity index is 1040. The number of fused-ring (bicyclic) bond motifs is 1. The quantitative estimate of drug-likeness (QED) is 0.650. The van der Waals surface area contributed by atoms with Crippen molar-refractivity contribution in [2.24, 2.45) is 11.3 Å². The van der Waals surface area contributed by atoms with E-state index in [-0.39, 0.29) is 0 Å². The molecule has 3 heterocycles. The molecule has 7 heteroatoms. The number of H-pyrrole nitrogens is 1. The van der Waals surface area contributed by atoms with Crippen molar-refractivity contribution in [2.75, 3.05) is 25.1 Å². The van der Waals surface area contributed by atoms with Gasteiger partial charge < -0.3 is 9.64 Å². The number of piperidine rings is 1. The van der Waals surface area contributed by atoms with Gasteiger partial charge in [-0.25, -0.2) is 9.97 Å². The van der Waals surface area contributed by atoms with Gasteiger partial charge in [-0.15, -0.1) is 0 Å². The molecule has 1 saturated heterocycles. The molecule has 5 rings (SSSR count). The standard InChI is InChI=1S/C22H26ClN5O/c1-14-4-3-7-22(14)8-10-28(11-9-22)18-13-24-20-19(26-27-21(20)25-18)15-5-6-16(23)17(12-15)29-2/h5-6,12-14H,3-4,7-11H2,1-2H3,(H,25,26,27)/t14-/m1/s1. The molecule has 1 aliphatic heterocycles. The summed E-state index contributed by atoms with van der Waals surface area (Å²) in [5, 5.41) is 8.07. The Hall–Kier alpha value is -2.34. The number of benzene rings is 1. The van der Waals surface area contributed by atoms with Crippen LogP contribution in [0.25, 0.3) is 22.4 Å². The molecule has 0 radical (unpaired) electrons. The molecule has 3 aromatic rings. The van der Waals surface area contributed by atoms with Crippen molar-refractivity contribution in [3.05, 3.63) is 29.4 Å².